The summed E-state index contributed by atoms with van der Waals surface area (Å²) in [6, 6.07) is 5.24. The van der Waals surface area contributed by atoms with Crippen molar-refractivity contribution in [2.75, 3.05) is 20.2 Å². The Balaban J connectivity index is 1.49. The summed E-state index contributed by atoms with van der Waals surface area (Å²) in [4.78, 5) is 13.9. The van der Waals surface area contributed by atoms with Crippen molar-refractivity contribution in [3.63, 3.8) is 0 Å². The Morgan fingerprint density at radius 3 is 2.95 bits per heavy atom. The fourth-order valence-corrected chi connectivity index (χ4v) is 2.91. The van der Waals surface area contributed by atoms with Gasteiger partial charge in [0.2, 0.25) is 5.91 Å². The lowest BCUT2D eigenvalue weighted by molar-refractivity contribution is -0.128. The number of rotatable bonds is 6. The molecule has 1 atom stereocenters. The second kappa shape index (κ2) is 6.02. The van der Waals surface area contributed by atoms with Crippen molar-refractivity contribution in [3.05, 3.63) is 29.6 Å². The summed E-state index contributed by atoms with van der Waals surface area (Å²) in [6.45, 7) is 2.04. The highest BCUT2D eigenvalue weighted by molar-refractivity contribution is 5.79. The van der Waals surface area contributed by atoms with E-state index in [9.17, 15) is 9.18 Å². The Labute approximate surface area is 124 Å². The minimum Gasteiger partial charge on any atom is -0.497 e. The first kappa shape index (κ1) is 14.3. The molecule has 1 aromatic rings. The minimum absolute atomic E-state index is 0.231. The van der Waals surface area contributed by atoms with Crippen LogP contribution in [0.2, 0.25) is 0 Å². The normalized spacial score (nSPS) is 21.9. The molecule has 2 aliphatic rings. The van der Waals surface area contributed by atoms with Gasteiger partial charge in [-0.3, -0.25) is 4.79 Å². The molecule has 0 spiro atoms. The van der Waals surface area contributed by atoms with Crippen LogP contribution in [0.4, 0.5) is 4.39 Å². The molecule has 114 valence electrons. The number of hydrogen-bond acceptors (Lipinski definition) is 3. The minimum atomic E-state index is -0.231. The molecule has 1 saturated carbocycles. The number of hydrogen-bond donors (Lipinski definition) is 1. The third-order valence-electron chi connectivity index (χ3n) is 4.23. The van der Waals surface area contributed by atoms with Crippen LogP contribution in [0.3, 0.4) is 0 Å². The number of carbonyl (C=O) groups is 1. The second-order valence-electron chi connectivity index (χ2n) is 5.94. The zero-order valence-corrected chi connectivity index (χ0v) is 12.3. The maximum atomic E-state index is 13.7. The number of ether oxygens (including phenoxy) is 1. The average molecular weight is 292 g/mol. The number of methoxy groups -OCH3 is 1. The van der Waals surface area contributed by atoms with E-state index in [0.29, 0.717) is 36.2 Å². The van der Waals surface area contributed by atoms with Crippen LogP contribution in [0.15, 0.2) is 18.2 Å². The van der Waals surface area contributed by atoms with E-state index >= 15 is 0 Å². The number of nitrogens with one attached hydrogen (secondary N) is 1. The summed E-state index contributed by atoms with van der Waals surface area (Å²) < 4.78 is 18.8. The van der Waals surface area contributed by atoms with Crippen LogP contribution in [-0.2, 0) is 11.3 Å². The van der Waals surface area contributed by atoms with Crippen molar-refractivity contribution in [1.82, 2.24) is 10.2 Å². The SMILES string of the molecule is COc1ccc(F)c(CNCC2CC(=O)N(C3CC3)C2)c1. The molecule has 0 radical (unpaired) electrons. The Morgan fingerprint density at radius 2 is 2.24 bits per heavy atom. The molecule has 3 rings (SSSR count). The lowest BCUT2D eigenvalue weighted by Gasteiger charge is -2.16. The average Bonchev–Trinajstić information content (AvgIpc) is 3.25. The molecule has 0 aromatic heterocycles. The third-order valence-corrected chi connectivity index (χ3v) is 4.23. The summed E-state index contributed by atoms with van der Waals surface area (Å²) in [5.41, 5.74) is 0.595. The van der Waals surface area contributed by atoms with Crippen molar-refractivity contribution in [2.24, 2.45) is 5.92 Å². The topological polar surface area (TPSA) is 41.6 Å². The zero-order chi connectivity index (χ0) is 14.8. The molecule has 1 aromatic carbocycles. The van der Waals surface area contributed by atoms with Gasteiger partial charge in [0.25, 0.3) is 0 Å². The van der Waals surface area contributed by atoms with Crippen LogP contribution in [0.25, 0.3) is 0 Å². The van der Waals surface area contributed by atoms with Crippen LogP contribution in [0.5, 0.6) is 5.75 Å². The third kappa shape index (κ3) is 3.35. The summed E-state index contributed by atoms with van der Waals surface area (Å²) in [5, 5.41) is 3.26. The molecule has 1 unspecified atom stereocenters. The summed E-state index contributed by atoms with van der Waals surface area (Å²) in [6.07, 6.45) is 2.92. The number of halogens is 1. The van der Waals surface area contributed by atoms with Crippen molar-refractivity contribution in [1.29, 1.82) is 0 Å². The molecule has 0 bridgehead atoms. The van der Waals surface area contributed by atoms with Crippen LogP contribution < -0.4 is 10.1 Å². The quantitative estimate of drug-likeness (QED) is 0.871. The van der Waals surface area contributed by atoms with Crippen molar-refractivity contribution in [2.45, 2.75) is 31.8 Å². The molecule has 1 aliphatic carbocycles. The standard InChI is InChI=1S/C16H21FN2O2/c1-21-14-4-5-15(17)12(7-14)9-18-8-11-6-16(20)19(10-11)13-2-3-13/h4-5,7,11,13,18H,2-3,6,8-10H2,1H3. The predicted octanol–water partition coefficient (Wildman–Crippen LogP) is 1.93. The first-order valence-corrected chi connectivity index (χ1v) is 7.50. The Hall–Kier alpha value is -1.62. The van der Waals surface area contributed by atoms with Crippen LogP contribution >= 0.6 is 0 Å². The van der Waals surface area contributed by atoms with Gasteiger partial charge >= 0.3 is 0 Å². The van der Waals surface area contributed by atoms with Crippen molar-refractivity contribution in [3.8, 4) is 5.75 Å². The molecule has 1 saturated heterocycles. The molecule has 1 heterocycles. The largest absolute Gasteiger partial charge is 0.497 e. The lowest BCUT2D eigenvalue weighted by atomic mass is 10.1. The molecule has 21 heavy (non-hydrogen) atoms. The van der Waals surface area contributed by atoms with Gasteiger partial charge in [0.05, 0.1) is 7.11 Å². The molecule has 1 N–H and O–H groups in total. The van der Waals surface area contributed by atoms with E-state index < -0.39 is 0 Å². The second-order valence-corrected chi connectivity index (χ2v) is 5.94. The predicted molar refractivity (Wildman–Crippen MR) is 77.5 cm³/mol. The summed E-state index contributed by atoms with van der Waals surface area (Å²) in [7, 11) is 1.57. The molecular formula is C16H21FN2O2. The van der Waals surface area contributed by atoms with Crippen LogP contribution in [0, 0.1) is 11.7 Å². The number of likely N-dealkylation sites (tertiary alicyclic amines) is 1. The Morgan fingerprint density at radius 1 is 1.43 bits per heavy atom. The molecule has 2 fully saturated rings. The maximum Gasteiger partial charge on any atom is 0.223 e. The van der Waals surface area contributed by atoms with Gasteiger partial charge in [-0.2, -0.15) is 0 Å². The lowest BCUT2D eigenvalue weighted by Crippen LogP contribution is -2.29. The van der Waals surface area contributed by atoms with Gasteiger partial charge in [-0.25, -0.2) is 4.39 Å². The van der Waals surface area contributed by atoms with Gasteiger partial charge in [0.15, 0.2) is 0 Å². The molecule has 1 amide bonds. The van der Waals surface area contributed by atoms with Crippen molar-refractivity contribution >= 4 is 5.91 Å². The van der Waals surface area contributed by atoms with E-state index in [1.807, 2.05) is 4.90 Å². The van der Waals surface area contributed by atoms with E-state index in [0.717, 1.165) is 25.9 Å². The Bertz CT molecular complexity index is 531. The highest BCUT2D eigenvalue weighted by Crippen LogP contribution is 2.32. The number of carbonyl (C=O) groups excluding carboxylic acids is 1. The highest BCUT2D eigenvalue weighted by atomic mass is 19.1. The highest BCUT2D eigenvalue weighted by Gasteiger charge is 2.38. The summed E-state index contributed by atoms with van der Waals surface area (Å²) >= 11 is 0. The van der Waals surface area contributed by atoms with Gasteiger partial charge in [-0.05, 0) is 37.0 Å². The zero-order valence-electron chi connectivity index (χ0n) is 12.3. The first-order chi connectivity index (χ1) is 10.2. The van der Waals surface area contributed by atoms with Gasteiger partial charge in [0, 0.05) is 37.7 Å². The molecule has 5 heteroatoms. The monoisotopic (exact) mass is 292 g/mol. The van der Waals surface area contributed by atoms with E-state index in [1.54, 1.807) is 19.2 Å². The van der Waals surface area contributed by atoms with E-state index in [2.05, 4.69) is 5.32 Å². The fourth-order valence-electron chi connectivity index (χ4n) is 2.91. The van der Waals surface area contributed by atoms with Crippen LogP contribution in [0.1, 0.15) is 24.8 Å². The number of amides is 1. The van der Waals surface area contributed by atoms with Gasteiger partial charge < -0.3 is 15.0 Å². The van der Waals surface area contributed by atoms with Gasteiger partial charge in [0.1, 0.15) is 11.6 Å². The van der Waals surface area contributed by atoms with Crippen molar-refractivity contribution < 1.29 is 13.9 Å². The molecule has 4 nitrogen and oxygen atoms in total. The van der Waals surface area contributed by atoms with E-state index in [4.69, 9.17) is 4.74 Å². The molecular weight excluding hydrogens is 271 g/mol. The first-order valence-electron chi connectivity index (χ1n) is 7.50. The molecule has 1 aliphatic heterocycles. The number of benzene rings is 1. The number of nitrogens with zero attached hydrogens (tertiary/aromatic N) is 1. The fraction of sp³-hybridized carbons (Fsp3) is 0.562. The maximum absolute atomic E-state index is 13.7. The van der Waals surface area contributed by atoms with E-state index in [1.165, 1.54) is 6.07 Å². The smallest absolute Gasteiger partial charge is 0.223 e. The van der Waals surface area contributed by atoms with E-state index in [-0.39, 0.29) is 11.7 Å². The van der Waals surface area contributed by atoms with Gasteiger partial charge in [-0.1, -0.05) is 0 Å². The van der Waals surface area contributed by atoms with Gasteiger partial charge in [-0.15, -0.1) is 0 Å². The Kier molecular flexibility index (Phi) is 4.10. The summed E-state index contributed by atoms with van der Waals surface area (Å²) in [5.74, 6) is 1.04. The van der Waals surface area contributed by atoms with Crippen LogP contribution in [-0.4, -0.2) is 37.0 Å².